The van der Waals surface area contributed by atoms with E-state index in [0.717, 1.165) is 42.6 Å². The molecule has 0 radical (unpaired) electrons. The number of nitrogens with one attached hydrogen (secondary N) is 1. The van der Waals surface area contributed by atoms with E-state index in [1.807, 2.05) is 11.8 Å². The van der Waals surface area contributed by atoms with Crippen LogP contribution in [0.25, 0.3) is 0 Å². The zero-order chi connectivity index (χ0) is 24.8. The molecule has 1 N–H and O–H groups in total. The number of hydrogen-bond acceptors (Lipinski definition) is 3. The summed E-state index contributed by atoms with van der Waals surface area (Å²) in [5.74, 6) is 2.62. The lowest BCUT2D eigenvalue weighted by Crippen LogP contribution is -2.59. The molecule has 0 aromatic heterocycles. The summed E-state index contributed by atoms with van der Waals surface area (Å²) in [4.78, 5) is 30.1. The topological polar surface area (TPSA) is 61.9 Å². The molecule has 4 bridgehead atoms. The smallest absolute Gasteiger partial charge is 0.422 e. The van der Waals surface area contributed by atoms with E-state index in [0.29, 0.717) is 32.1 Å². The minimum atomic E-state index is -4.39. The molecule has 3 amide bonds. The number of halogens is 3. The average molecular weight is 494 g/mol. The van der Waals surface area contributed by atoms with Gasteiger partial charge in [-0.15, -0.1) is 0 Å². The number of carbonyl (C=O) groups excluding carboxylic acids is 2. The van der Waals surface area contributed by atoms with Crippen molar-refractivity contribution in [1.29, 1.82) is 0 Å². The van der Waals surface area contributed by atoms with Crippen LogP contribution in [0.3, 0.4) is 0 Å². The number of urea groups is 1. The van der Waals surface area contributed by atoms with E-state index in [-0.39, 0.29) is 23.2 Å². The summed E-state index contributed by atoms with van der Waals surface area (Å²) in [7, 11) is 0. The van der Waals surface area contributed by atoms with Gasteiger partial charge in [0.1, 0.15) is 5.75 Å². The van der Waals surface area contributed by atoms with E-state index in [9.17, 15) is 22.8 Å². The normalized spacial score (nSPS) is 30.8. The van der Waals surface area contributed by atoms with Crippen molar-refractivity contribution in [3.8, 4) is 5.75 Å². The number of piperazine rings is 1. The standard InChI is InChI=1S/C26H34F3N3O3/c1-17(21-2-4-22(5-3-21)35-16-26(27,28)29)30-24(34)32-8-6-31(7-9-32)23(33)25-13-18-10-19(14-25)12-20(11-18)15-25/h2-5,17-20H,6-16H2,1H3,(H,30,34). The Kier molecular flexibility index (Phi) is 6.38. The van der Waals surface area contributed by atoms with Crippen molar-refractivity contribution in [2.24, 2.45) is 23.2 Å². The third-order valence-corrected chi connectivity index (χ3v) is 8.47. The van der Waals surface area contributed by atoms with Crippen molar-refractivity contribution in [3.63, 3.8) is 0 Å². The van der Waals surface area contributed by atoms with Crippen molar-refractivity contribution in [1.82, 2.24) is 15.1 Å². The molecule has 6 rings (SSSR count). The van der Waals surface area contributed by atoms with Gasteiger partial charge in [0.2, 0.25) is 5.91 Å². The largest absolute Gasteiger partial charge is 0.484 e. The van der Waals surface area contributed by atoms with E-state index in [4.69, 9.17) is 4.74 Å². The van der Waals surface area contributed by atoms with Gasteiger partial charge in [-0.1, -0.05) is 12.1 Å². The first-order valence-corrected chi connectivity index (χ1v) is 12.7. The first-order valence-electron chi connectivity index (χ1n) is 12.7. The van der Waals surface area contributed by atoms with E-state index >= 15 is 0 Å². The number of amides is 3. The van der Waals surface area contributed by atoms with Gasteiger partial charge in [-0.05, 0) is 80.9 Å². The molecule has 35 heavy (non-hydrogen) atoms. The maximum Gasteiger partial charge on any atom is 0.422 e. The highest BCUT2D eigenvalue weighted by molar-refractivity contribution is 5.84. The molecule has 4 aliphatic carbocycles. The zero-order valence-corrected chi connectivity index (χ0v) is 20.2. The van der Waals surface area contributed by atoms with E-state index in [1.54, 1.807) is 17.0 Å². The average Bonchev–Trinajstić information content (AvgIpc) is 2.81. The highest BCUT2D eigenvalue weighted by Gasteiger charge is 2.55. The van der Waals surface area contributed by atoms with Crippen LogP contribution in [-0.4, -0.2) is 60.7 Å². The van der Waals surface area contributed by atoms with Crippen LogP contribution in [0.4, 0.5) is 18.0 Å². The van der Waals surface area contributed by atoms with Crippen LogP contribution in [0.1, 0.15) is 57.1 Å². The molecular formula is C26H34F3N3O3. The van der Waals surface area contributed by atoms with Crippen LogP contribution >= 0.6 is 0 Å². The third kappa shape index (κ3) is 5.23. The van der Waals surface area contributed by atoms with E-state index < -0.39 is 12.8 Å². The Labute approximate surface area is 204 Å². The van der Waals surface area contributed by atoms with Gasteiger partial charge in [-0.25, -0.2) is 4.79 Å². The Morgan fingerprint density at radius 1 is 0.971 bits per heavy atom. The van der Waals surface area contributed by atoms with Crippen LogP contribution < -0.4 is 10.1 Å². The molecule has 192 valence electrons. The Balaban J connectivity index is 1.10. The monoisotopic (exact) mass is 493 g/mol. The number of nitrogens with zero attached hydrogens (tertiary/aromatic N) is 2. The lowest BCUT2D eigenvalue weighted by molar-refractivity contribution is -0.159. The first-order chi connectivity index (χ1) is 16.6. The molecule has 5 fully saturated rings. The quantitative estimate of drug-likeness (QED) is 0.644. The van der Waals surface area contributed by atoms with Gasteiger partial charge in [0, 0.05) is 26.2 Å². The zero-order valence-electron chi connectivity index (χ0n) is 20.2. The van der Waals surface area contributed by atoms with Crippen molar-refractivity contribution in [2.45, 2.75) is 57.7 Å². The number of benzene rings is 1. The fourth-order valence-corrected chi connectivity index (χ4v) is 7.20. The SMILES string of the molecule is CC(NC(=O)N1CCN(C(=O)C23CC4CC(CC(C4)C2)C3)CC1)c1ccc(OCC(F)(F)F)cc1. The van der Waals surface area contributed by atoms with Gasteiger partial charge in [-0.3, -0.25) is 4.79 Å². The van der Waals surface area contributed by atoms with Gasteiger partial charge in [-0.2, -0.15) is 13.2 Å². The van der Waals surface area contributed by atoms with Crippen molar-refractivity contribution >= 4 is 11.9 Å². The maximum absolute atomic E-state index is 13.6. The Morgan fingerprint density at radius 3 is 2.00 bits per heavy atom. The van der Waals surface area contributed by atoms with Crippen LogP contribution in [0.15, 0.2) is 24.3 Å². The summed E-state index contributed by atoms with van der Waals surface area (Å²) in [5, 5.41) is 2.96. The molecule has 1 heterocycles. The molecule has 5 aliphatic rings. The third-order valence-electron chi connectivity index (χ3n) is 8.47. The van der Waals surface area contributed by atoms with Crippen LogP contribution in [0.2, 0.25) is 0 Å². The minimum absolute atomic E-state index is 0.129. The first kappa shape index (κ1) is 24.3. The fraction of sp³-hybridized carbons (Fsp3) is 0.692. The van der Waals surface area contributed by atoms with Crippen molar-refractivity contribution in [3.05, 3.63) is 29.8 Å². The highest BCUT2D eigenvalue weighted by Crippen LogP contribution is 2.60. The van der Waals surface area contributed by atoms with Crippen LogP contribution in [0, 0.1) is 23.2 Å². The number of hydrogen-bond donors (Lipinski definition) is 1. The number of ether oxygens (including phenoxy) is 1. The molecular weight excluding hydrogens is 459 g/mol. The summed E-state index contributed by atoms with van der Waals surface area (Å²) in [6, 6.07) is 5.73. The molecule has 1 saturated heterocycles. The molecule has 0 spiro atoms. The second-order valence-electron chi connectivity index (χ2n) is 11.1. The molecule has 6 nitrogen and oxygen atoms in total. The lowest BCUT2D eigenvalue weighted by Gasteiger charge is -2.57. The molecule has 1 atom stereocenters. The summed E-state index contributed by atoms with van der Waals surface area (Å²) in [6.07, 6.45) is 2.69. The van der Waals surface area contributed by atoms with Gasteiger partial charge >= 0.3 is 12.2 Å². The second-order valence-corrected chi connectivity index (χ2v) is 11.1. The van der Waals surface area contributed by atoms with Gasteiger partial charge in [0.15, 0.2) is 6.61 Å². The minimum Gasteiger partial charge on any atom is -0.484 e. The maximum atomic E-state index is 13.6. The predicted molar refractivity (Wildman–Crippen MR) is 124 cm³/mol. The predicted octanol–water partition coefficient (Wildman–Crippen LogP) is 4.76. The van der Waals surface area contributed by atoms with E-state index in [2.05, 4.69) is 5.32 Å². The summed E-state index contributed by atoms with van der Waals surface area (Å²) >= 11 is 0. The molecule has 4 saturated carbocycles. The molecule has 1 aromatic rings. The van der Waals surface area contributed by atoms with Crippen molar-refractivity contribution < 1.29 is 27.5 Å². The summed E-state index contributed by atoms with van der Waals surface area (Å²) in [6.45, 7) is 2.62. The molecule has 9 heteroatoms. The Bertz CT molecular complexity index is 906. The molecule has 1 unspecified atom stereocenters. The number of rotatable bonds is 5. The van der Waals surface area contributed by atoms with Gasteiger partial charge < -0.3 is 19.9 Å². The van der Waals surface area contributed by atoms with Gasteiger partial charge in [0.05, 0.1) is 11.5 Å². The fourth-order valence-electron chi connectivity index (χ4n) is 7.20. The van der Waals surface area contributed by atoms with E-state index in [1.165, 1.54) is 31.4 Å². The Hall–Kier alpha value is -2.45. The summed E-state index contributed by atoms with van der Waals surface area (Å²) < 4.78 is 41.7. The lowest BCUT2D eigenvalue weighted by atomic mass is 9.49. The second kappa shape index (κ2) is 9.21. The van der Waals surface area contributed by atoms with Gasteiger partial charge in [0.25, 0.3) is 0 Å². The summed E-state index contributed by atoms with van der Waals surface area (Å²) in [5.41, 5.74) is 0.622. The Morgan fingerprint density at radius 2 is 1.49 bits per heavy atom. The number of carbonyl (C=O) groups is 2. The van der Waals surface area contributed by atoms with Crippen molar-refractivity contribution in [2.75, 3.05) is 32.8 Å². The molecule has 1 aliphatic heterocycles. The highest BCUT2D eigenvalue weighted by atomic mass is 19.4. The van der Waals surface area contributed by atoms with Crippen LogP contribution in [0.5, 0.6) is 5.75 Å². The molecule has 1 aromatic carbocycles. The van der Waals surface area contributed by atoms with Crippen LogP contribution in [-0.2, 0) is 4.79 Å². The number of alkyl halides is 3.